The van der Waals surface area contributed by atoms with Crippen molar-refractivity contribution >= 4 is 17.3 Å². The van der Waals surface area contributed by atoms with Crippen molar-refractivity contribution in [2.24, 2.45) is 0 Å². The molecular weight excluding hydrogens is 242 g/mol. The third kappa shape index (κ3) is 4.58. The fourth-order valence-electron chi connectivity index (χ4n) is 1.67. The average Bonchev–Trinajstić information content (AvgIpc) is 2.36. The molecule has 0 fully saturated rings. The molecule has 19 heavy (non-hydrogen) atoms. The second-order valence-electron chi connectivity index (χ2n) is 4.51. The van der Waals surface area contributed by atoms with Gasteiger partial charge in [-0.05, 0) is 18.1 Å². The van der Waals surface area contributed by atoms with E-state index in [0.29, 0.717) is 5.57 Å². The first-order chi connectivity index (χ1) is 8.93. The molecule has 0 heterocycles. The van der Waals surface area contributed by atoms with Gasteiger partial charge >= 0.3 is 5.97 Å². The van der Waals surface area contributed by atoms with Gasteiger partial charge in [-0.3, -0.25) is 9.59 Å². The van der Waals surface area contributed by atoms with E-state index in [1.54, 1.807) is 6.20 Å². The minimum absolute atomic E-state index is 0.00872. The summed E-state index contributed by atoms with van der Waals surface area (Å²) in [6, 6.07) is 7.35. The summed E-state index contributed by atoms with van der Waals surface area (Å²) >= 11 is 0. The summed E-state index contributed by atoms with van der Waals surface area (Å²) in [7, 11) is 5.10. The van der Waals surface area contributed by atoms with E-state index >= 15 is 0 Å². The molecule has 0 aliphatic carbocycles. The molecule has 0 atom stereocenters. The van der Waals surface area contributed by atoms with Gasteiger partial charge in [0.25, 0.3) is 0 Å². The Balaban J connectivity index is 2.96. The number of nitrogens with zero attached hydrogens (tertiary/aromatic N) is 1. The summed E-state index contributed by atoms with van der Waals surface area (Å²) in [6.45, 7) is 1.54. The highest BCUT2D eigenvalue weighted by Gasteiger charge is 2.09. The fourth-order valence-corrected chi connectivity index (χ4v) is 1.67. The molecule has 4 nitrogen and oxygen atoms in total. The molecule has 0 N–H and O–H groups in total. The molecule has 0 aromatic heterocycles. The second kappa shape index (κ2) is 6.73. The first-order valence-corrected chi connectivity index (χ1v) is 5.99. The number of ketones is 1. The number of hydrogen-bond donors (Lipinski definition) is 0. The normalized spacial score (nSPS) is 11.1. The molecule has 4 heteroatoms. The molecule has 0 amide bonds. The standard InChI is InChI=1S/C15H19NO3/c1-11(17)14(10-16(2)3)13-7-5-12(6-8-13)9-15(18)19-4/h5-8,10H,9H2,1-4H3. The predicted molar refractivity (Wildman–Crippen MR) is 74.5 cm³/mol. The van der Waals surface area contributed by atoms with Crippen molar-refractivity contribution < 1.29 is 14.3 Å². The fraction of sp³-hybridized carbons (Fsp3) is 0.333. The SMILES string of the molecule is COC(=O)Cc1ccc(C(=CN(C)C)C(C)=O)cc1. The van der Waals surface area contributed by atoms with Crippen LogP contribution in [-0.4, -0.2) is 37.9 Å². The van der Waals surface area contributed by atoms with Crippen molar-refractivity contribution in [3.63, 3.8) is 0 Å². The van der Waals surface area contributed by atoms with E-state index in [9.17, 15) is 9.59 Å². The highest BCUT2D eigenvalue weighted by molar-refractivity contribution is 6.19. The number of esters is 1. The molecule has 0 bridgehead atoms. The maximum absolute atomic E-state index is 11.6. The van der Waals surface area contributed by atoms with Crippen LogP contribution in [0.1, 0.15) is 18.1 Å². The number of hydrogen-bond acceptors (Lipinski definition) is 4. The van der Waals surface area contributed by atoms with E-state index in [0.717, 1.165) is 11.1 Å². The molecule has 0 aliphatic rings. The van der Waals surface area contributed by atoms with Crippen molar-refractivity contribution in [3.05, 3.63) is 41.6 Å². The molecule has 0 spiro atoms. The summed E-state index contributed by atoms with van der Waals surface area (Å²) in [6.07, 6.45) is 2.03. The topological polar surface area (TPSA) is 46.6 Å². The number of rotatable bonds is 5. The lowest BCUT2D eigenvalue weighted by Crippen LogP contribution is -2.07. The number of carbonyl (C=O) groups excluding carboxylic acids is 2. The lowest BCUT2D eigenvalue weighted by Gasteiger charge is -2.10. The van der Waals surface area contributed by atoms with Crippen LogP contribution in [0.2, 0.25) is 0 Å². The monoisotopic (exact) mass is 261 g/mol. The van der Waals surface area contributed by atoms with E-state index in [-0.39, 0.29) is 18.2 Å². The minimum atomic E-state index is -0.275. The number of carbonyl (C=O) groups is 2. The molecule has 0 saturated heterocycles. The van der Waals surface area contributed by atoms with Crippen LogP contribution in [0.3, 0.4) is 0 Å². The third-order valence-electron chi connectivity index (χ3n) is 2.61. The van der Waals surface area contributed by atoms with Gasteiger partial charge in [0.05, 0.1) is 13.5 Å². The summed E-state index contributed by atoms with van der Waals surface area (Å²) in [5.74, 6) is -0.266. The average molecular weight is 261 g/mol. The van der Waals surface area contributed by atoms with Crippen LogP contribution in [0, 0.1) is 0 Å². The zero-order chi connectivity index (χ0) is 14.4. The van der Waals surface area contributed by atoms with E-state index in [1.807, 2.05) is 43.3 Å². The first kappa shape index (κ1) is 15.0. The van der Waals surface area contributed by atoms with Crippen LogP contribution in [0.15, 0.2) is 30.5 Å². The first-order valence-electron chi connectivity index (χ1n) is 5.99. The van der Waals surface area contributed by atoms with Gasteiger partial charge in [0.1, 0.15) is 0 Å². The quantitative estimate of drug-likeness (QED) is 0.600. The van der Waals surface area contributed by atoms with Crippen molar-refractivity contribution in [3.8, 4) is 0 Å². The smallest absolute Gasteiger partial charge is 0.309 e. The Morgan fingerprint density at radius 2 is 1.79 bits per heavy atom. The number of methoxy groups -OCH3 is 1. The van der Waals surface area contributed by atoms with E-state index in [2.05, 4.69) is 4.74 Å². The summed E-state index contributed by atoms with van der Waals surface area (Å²) < 4.78 is 4.61. The lowest BCUT2D eigenvalue weighted by atomic mass is 10.0. The highest BCUT2D eigenvalue weighted by Crippen LogP contribution is 2.17. The summed E-state index contributed by atoms with van der Waals surface area (Å²) in [5, 5.41) is 0. The van der Waals surface area contributed by atoms with Gasteiger partial charge in [-0.1, -0.05) is 24.3 Å². The van der Waals surface area contributed by atoms with Gasteiger partial charge in [-0.2, -0.15) is 0 Å². The number of benzene rings is 1. The zero-order valence-electron chi connectivity index (χ0n) is 11.8. The van der Waals surface area contributed by atoms with E-state index in [4.69, 9.17) is 0 Å². The molecule has 0 unspecified atom stereocenters. The Labute approximate surface area is 113 Å². The summed E-state index contributed by atoms with van der Waals surface area (Å²) in [5.41, 5.74) is 2.35. The van der Waals surface area contributed by atoms with Crippen LogP contribution in [0.4, 0.5) is 0 Å². The van der Waals surface area contributed by atoms with Gasteiger partial charge in [-0.25, -0.2) is 0 Å². The molecule has 0 saturated carbocycles. The molecular formula is C15H19NO3. The third-order valence-corrected chi connectivity index (χ3v) is 2.61. The van der Waals surface area contributed by atoms with Gasteiger partial charge < -0.3 is 9.64 Å². The van der Waals surface area contributed by atoms with E-state index < -0.39 is 0 Å². The predicted octanol–water partition coefficient (Wildman–Crippen LogP) is 1.89. The number of allylic oxidation sites excluding steroid dienone is 1. The van der Waals surface area contributed by atoms with Gasteiger partial charge in [0, 0.05) is 25.9 Å². The van der Waals surface area contributed by atoms with Crippen LogP contribution < -0.4 is 0 Å². The zero-order valence-corrected chi connectivity index (χ0v) is 11.8. The van der Waals surface area contributed by atoms with Gasteiger partial charge in [0.2, 0.25) is 0 Å². The maximum atomic E-state index is 11.6. The molecule has 0 aliphatic heterocycles. The van der Waals surface area contributed by atoms with Crippen molar-refractivity contribution in [1.82, 2.24) is 4.90 Å². The van der Waals surface area contributed by atoms with Gasteiger partial charge in [0.15, 0.2) is 5.78 Å². The Kier molecular flexibility index (Phi) is 5.30. The van der Waals surface area contributed by atoms with Crippen LogP contribution >= 0.6 is 0 Å². The van der Waals surface area contributed by atoms with Crippen molar-refractivity contribution in [1.29, 1.82) is 0 Å². The van der Waals surface area contributed by atoms with Gasteiger partial charge in [-0.15, -0.1) is 0 Å². The van der Waals surface area contributed by atoms with Crippen LogP contribution in [-0.2, 0) is 20.7 Å². The number of ether oxygens (including phenoxy) is 1. The highest BCUT2D eigenvalue weighted by atomic mass is 16.5. The Hall–Kier alpha value is -2.10. The molecule has 1 rings (SSSR count). The van der Waals surface area contributed by atoms with Crippen LogP contribution in [0.25, 0.3) is 5.57 Å². The molecule has 102 valence electrons. The van der Waals surface area contributed by atoms with E-state index in [1.165, 1.54) is 14.0 Å². The molecule has 0 radical (unpaired) electrons. The number of Topliss-reactive ketones (excluding diaryl/α,β-unsaturated/α-hetero) is 1. The second-order valence-corrected chi connectivity index (χ2v) is 4.51. The lowest BCUT2D eigenvalue weighted by molar-refractivity contribution is -0.139. The largest absolute Gasteiger partial charge is 0.469 e. The maximum Gasteiger partial charge on any atom is 0.309 e. The van der Waals surface area contributed by atoms with Crippen molar-refractivity contribution in [2.75, 3.05) is 21.2 Å². The Morgan fingerprint density at radius 3 is 2.21 bits per heavy atom. The molecule has 1 aromatic rings. The van der Waals surface area contributed by atoms with Crippen LogP contribution in [0.5, 0.6) is 0 Å². The minimum Gasteiger partial charge on any atom is -0.469 e. The Bertz CT molecular complexity index is 487. The van der Waals surface area contributed by atoms with Crippen molar-refractivity contribution in [2.45, 2.75) is 13.3 Å². The summed E-state index contributed by atoms with van der Waals surface area (Å²) in [4.78, 5) is 24.6. The Morgan fingerprint density at radius 1 is 1.21 bits per heavy atom. The molecule has 1 aromatic carbocycles.